The Kier molecular flexibility index (Phi) is 6.64. The van der Waals surface area contributed by atoms with E-state index in [4.69, 9.17) is 0 Å². The highest BCUT2D eigenvalue weighted by atomic mass is 16.2. The molecule has 0 saturated heterocycles. The van der Waals surface area contributed by atoms with Gasteiger partial charge in [-0.15, -0.1) is 0 Å². The molecule has 0 aliphatic carbocycles. The molecule has 19 heavy (non-hydrogen) atoms. The van der Waals surface area contributed by atoms with Crippen LogP contribution in [0.3, 0.4) is 0 Å². The molecular formula is C15H22N2O2. The van der Waals surface area contributed by atoms with Crippen LogP contribution in [0.5, 0.6) is 0 Å². The Labute approximate surface area is 114 Å². The number of carbonyl (C=O) groups excluding carboxylic acids is 2. The minimum absolute atomic E-state index is 0.0500. The molecule has 104 valence electrons. The van der Waals surface area contributed by atoms with E-state index in [1.165, 1.54) is 0 Å². The first-order valence-corrected chi connectivity index (χ1v) is 6.71. The second-order valence-corrected chi connectivity index (χ2v) is 4.58. The summed E-state index contributed by atoms with van der Waals surface area (Å²) in [6.07, 6.45) is 2.32. The monoisotopic (exact) mass is 262 g/mol. The van der Waals surface area contributed by atoms with E-state index >= 15 is 0 Å². The van der Waals surface area contributed by atoms with E-state index in [0.717, 1.165) is 24.0 Å². The summed E-state index contributed by atoms with van der Waals surface area (Å²) >= 11 is 0. The van der Waals surface area contributed by atoms with Crippen LogP contribution in [-0.2, 0) is 16.0 Å². The SMILES string of the molecule is CCCCNC(=O)CNC(=O)Cc1ccccc1C. The van der Waals surface area contributed by atoms with Gasteiger partial charge >= 0.3 is 0 Å². The molecule has 0 atom stereocenters. The highest BCUT2D eigenvalue weighted by Crippen LogP contribution is 2.07. The Morgan fingerprint density at radius 2 is 1.84 bits per heavy atom. The summed E-state index contributed by atoms with van der Waals surface area (Å²) in [4.78, 5) is 23.1. The van der Waals surface area contributed by atoms with Gasteiger partial charge in [0.05, 0.1) is 13.0 Å². The van der Waals surface area contributed by atoms with Gasteiger partial charge in [-0.05, 0) is 24.5 Å². The van der Waals surface area contributed by atoms with Gasteiger partial charge in [0.25, 0.3) is 0 Å². The lowest BCUT2D eigenvalue weighted by Crippen LogP contribution is -2.37. The van der Waals surface area contributed by atoms with Gasteiger partial charge in [-0.2, -0.15) is 0 Å². The molecule has 1 rings (SSSR count). The minimum Gasteiger partial charge on any atom is -0.355 e. The molecule has 2 N–H and O–H groups in total. The van der Waals surface area contributed by atoms with Crippen LogP contribution in [0.25, 0.3) is 0 Å². The van der Waals surface area contributed by atoms with Crippen LogP contribution >= 0.6 is 0 Å². The zero-order valence-corrected chi connectivity index (χ0v) is 11.7. The Hall–Kier alpha value is -1.84. The fourth-order valence-electron chi connectivity index (χ4n) is 1.69. The molecule has 4 heteroatoms. The first-order chi connectivity index (χ1) is 9.13. The van der Waals surface area contributed by atoms with Crippen molar-refractivity contribution >= 4 is 11.8 Å². The van der Waals surface area contributed by atoms with Crippen molar-refractivity contribution < 1.29 is 9.59 Å². The topological polar surface area (TPSA) is 58.2 Å². The number of hydrogen-bond donors (Lipinski definition) is 2. The van der Waals surface area contributed by atoms with Gasteiger partial charge in [0.2, 0.25) is 11.8 Å². The maximum Gasteiger partial charge on any atom is 0.239 e. The predicted octanol–water partition coefficient (Wildman–Crippen LogP) is 1.57. The van der Waals surface area contributed by atoms with E-state index in [2.05, 4.69) is 17.6 Å². The largest absolute Gasteiger partial charge is 0.355 e. The number of nitrogens with one attached hydrogen (secondary N) is 2. The lowest BCUT2D eigenvalue weighted by molar-refractivity contribution is -0.125. The summed E-state index contributed by atoms with van der Waals surface area (Å²) in [5, 5.41) is 5.39. The van der Waals surface area contributed by atoms with Gasteiger partial charge in [0.15, 0.2) is 0 Å². The van der Waals surface area contributed by atoms with Crippen LogP contribution in [0.2, 0.25) is 0 Å². The molecule has 0 aliphatic rings. The van der Waals surface area contributed by atoms with E-state index in [1.54, 1.807) is 0 Å². The van der Waals surface area contributed by atoms with Crippen LogP contribution in [-0.4, -0.2) is 24.9 Å². The second kappa shape index (κ2) is 8.29. The molecule has 0 heterocycles. The zero-order valence-electron chi connectivity index (χ0n) is 11.7. The average Bonchev–Trinajstić information content (AvgIpc) is 2.39. The van der Waals surface area contributed by atoms with Gasteiger partial charge in [0, 0.05) is 6.54 Å². The lowest BCUT2D eigenvalue weighted by Gasteiger charge is -2.08. The second-order valence-electron chi connectivity index (χ2n) is 4.58. The Bertz CT molecular complexity index is 430. The fourth-order valence-corrected chi connectivity index (χ4v) is 1.69. The van der Waals surface area contributed by atoms with Crippen molar-refractivity contribution in [3.63, 3.8) is 0 Å². The first-order valence-electron chi connectivity index (χ1n) is 6.71. The summed E-state index contributed by atoms with van der Waals surface area (Å²) in [5.74, 6) is -0.258. The summed E-state index contributed by atoms with van der Waals surface area (Å²) in [5.41, 5.74) is 2.08. The molecule has 1 aromatic rings. The molecule has 0 aromatic heterocycles. The van der Waals surface area contributed by atoms with E-state index < -0.39 is 0 Å². The predicted molar refractivity (Wildman–Crippen MR) is 75.8 cm³/mol. The summed E-state index contributed by atoms with van der Waals surface area (Å²) in [6, 6.07) is 7.75. The standard InChI is InChI=1S/C15H22N2O2/c1-3-4-9-16-15(19)11-17-14(18)10-13-8-6-5-7-12(13)2/h5-8H,3-4,9-11H2,1-2H3,(H,16,19)(H,17,18). The van der Waals surface area contributed by atoms with E-state index in [1.807, 2.05) is 31.2 Å². The summed E-state index contributed by atoms with van der Waals surface area (Å²) in [6.45, 7) is 4.76. The number of amides is 2. The molecule has 2 amide bonds. The molecule has 4 nitrogen and oxygen atoms in total. The number of aryl methyl sites for hydroxylation is 1. The molecule has 0 bridgehead atoms. The third kappa shape index (κ3) is 6.04. The smallest absolute Gasteiger partial charge is 0.239 e. The fraction of sp³-hybridized carbons (Fsp3) is 0.467. The number of rotatable bonds is 7. The maximum absolute atomic E-state index is 11.7. The number of hydrogen-bond acceptors (Lipinski definition) is 2. The molecule has 0 saturated carbocycles. The van der Waals surface area contributed by atoms with Crippen LogP contribution in [0, 0.1) is 6.92 Å². The summed E-state index contributed by atoms with van der Waals surface area (Å²) in [7, 11) is 0. The average molecular weight is 262 g/mol. The molecular weight excluding hydrogens is 240 g/mol. The highest BCUT2D eigenvalue weighted by molar-refractivity contribution is 5.85. The minimum atomic E-state index is -0.133. The molecule has 0 fully saturated rings. The quantitative estimate of drug-likeness (QED) is 0.733. The molecule has 0 aliphatic heterocycles. The van der Waals surface area contributed by atoms with Crippen LogP contribution < -0.4 is 10.6 Å². The van der Waals surface area contributed by atoms with Gasteiger partial charge in [-0.3, -0.25) is 9.59 Å². The third-order valence-electron chi connectivity index (χ3n) is 2.91. The van der Waals surface area contributed by atoms with Crippen molar-refractivity contribution in [3.8, 4) is 0 Å². The van der Waals surface area contributed by atoms with Gasteiger partial charge in [0.1, 0.15) is 0 Å². The van der Waals surface area contributed by atoms with Crippen molar-refractivity contribution in [1.29, 1.82) is 0 Å². The van der Waals surface area contributed by atoms with Crippen molar-refractivity contribution in [3.05, 3.63) is 35.4 Å². The third-order valence-corrected chi connectivity index (χ3v) is 2.91. The van der Waals surface area contributed by atoms with Gasteiger partial charge in [-0.25, -0.2) is 0 Å². The molecule has 1 aromatic carbocycles. The molecule has 0 spiro atoms. The normalized spacial score (nSPS) is 10.0. The van der Waals surface area contributed by atoms with E-state index in [0.29, 0.717) is 13.0 Å². The zero-order chi connectivity index (χ0) is 14.1. The van der Waals surface area contributed by atoms with E-state index in [9.17, 15) is 9.59 Å². The Balaban J connectivity index is 2.28. The van der Waals surface area contributed by atoms with Crippen LogP contribution in [0.15, 0.2) is 24.3 Å². The van der Waals surface area contributed by atoms with Crippen molar-refractivity contribution in [1.82, 2.24) is 10.6 Å². The van der Waals surface area contributed by atoms with E-state index in [-0.39, 0.29) is 18.4 Å². The summed E-state index contributed by atoms with van der Waals surface area (Å²) < 4.78 is 0. The number of unbranched alkanes of at least 4 members (excludes halogenated alkanes) is 1. The lowest BCUT2D eigenvalue weighted by atomic mass is 10.1. The van der Waals surface area contributed by atoms with Crippen LogP contribution in [0.1, 0.15) is 30.9 Å². The Morgan fingerprint density at radius 3 is 2.53 bits per heavy atom. The first kappa shape index (κ1) is 15.2. The molecule has 0 radical (unpaired) electrons. The van der Waals surface area contributed by atoms with Crippen LogP contribution in [0.4, 0.5) is 0 Å². The number of carbonyl (C=O) groups is 2. The maximum atomic E-state index is 11.7. The van der Waals surface area contributed by atoms with Crippen molar-refractivity contribution in [2.24, 2.45) is 0 Å². The molecule has 0 unspecified atom stereocenters. The highest BCUT2D eigenvalue weighted by Gasteiger charge is 2.07. The van der Waals surface area contributed by atoms with Gasteiger partial charge < -0.3 is 10.6 Å². The van der Waals surface area contributed by atoms with Crippen molar-refractivity contribution in [2.75, 3.05) is 13.1 Å². The van der Waals surface area contributed by atoms with Gasteiger partial charge in [-0.1, -0.05) is 37.6 Å². The Morgan fingerprint density at radius 1 is 1.11 bits per heavy atom. The number of benzene rings is 1. The van der Waals surface area contributed by atoms with Crippen molar-refractivity contribution in [2.45, 2.75) is 33.1 Å².